The fourth-order valence-electron chi connectivity index (χ4n) is 2.36. The minimum atomic E-state index is -1.41. The van der Waals surface area contributed by atoms with Crippen molar-refractivity contribution in [3.05, 3.63) is 34.3 Å². The van der Waals surface area contributed by atoms with Crippen LogP contribution in [0.15, 0.2) is 28.7 Å². The Balaban J connectivity index is 3.15. The number of carbonyl (C=O) groups is 4. The minimum Gasteiger partial charge on any atom is -0.468 e. The largest absolute Gasteiger partial charge is 0.468 e. The zero-order chi connectivity index (χ0) is 19.9. The van der Waals surface area contributed by atoms with Gasteiger partial charge in [-0.05, 0) is 18.2 Å². The first kappa shape index (κ1) is 21.6. The van der Waals surface area contributed by atoms with Crippen LogP contribution in [-0.2, 0) is 28.6 Å². The summed E-state index contributed by atoms with van der Waals surface area (Å²) in [6, 6.07) is 5.24. The predicted octanol–water partition coefficient (Wildman–Crippen LogP) is 1.32. The van der Waals surface area contributed by atoms with Gasteiger partial charge in [-0.3, -0.25) is 14.4 Å². The van der Waals surface area contributed by atoms with E-state index in [4.69, 9.17) is 4.74 Å². The second-order valence-electron chi connectivity index (χ2n) is 5.37. The Labute approximate surface area is 159 Å². The Hall–Kier alpha value is -2.42. The maximum absolute atomic E-state index is 12.5. The summed E-state index contributed by atoms with van der Waals surface area (Å²) < 4.78 is 14.6. The summed E-state index contributed by atoms with van der Waals surface area (Å²) >= 11 is 3.25. The smallest absolute Gasteiger partial charge is 0.328 e. The van der Waals surface area contributed by atoms with E-state index in [9.17, 15) is 19.2 Å². The predicted molar refractivity (Wildman–Crippen MR) is 94.1 cm³/mol. The van der Waals surface area contributed by atoms with Crippen molar-refractivity contribution in [1.29, 1.82) is 0 Å². The lowest BCUT2D eigenvalue weighted by molar-refractivity contribution is -0.162. The molecule has 0 aromatic heterocycles. The van der Waals surface area contributed by atoms with Crippen molar-refractivity contribution >= 4 is 39.7 Å². The van der Waals surface area contributed by atoms with Crippen molar-refractivity contribution in [1.82, 2.24) is 5.32 Å². The van der Waals surface area contributed by atoms with Crippen LogP contribution in [0.4, 0.5) is 0 Å². The lowest BCUT2D eigenvalue weighted by Crippen LogP contribution is -2.51. The van der Waals surface area contributed by atoms with Gasteiger partial charge in [-0.25, -0.2) is 4.79 Å². The number of esters is 3. The van der Waals surface area contributed by atoms with E-state index in [2.05, 4.69) is 30.7 Å². The lowest BCUT2D eigenvalue weighted by Gasteiger charge is -2.27. The van der Waals surface area contributed by atoms with E-state index in [0.717, 1.165) is 21.3 Å². The summed E-state index contributed by atoms with van der Waals surface area (Å²) in [6.45, 7) is 1.45. The highest BCUT2D eigenvalue weighted by molar-refractivity contribution is 9.10. The quantitative estimate of drug-likeness (QED) is 0.395. The summed E-state index contributed by atoms with van der Waals surface area (Å²) in [4.78, 5) is 48.6. The van der Waals surface area contributed by atoms with Gasteiger partial charge in [-0.15, -0.1) is 0 Å². The molecule has 1 amide bonds. The fraction of sp³-hybridized carbons (Fsp3) is 0.412. The van der Waals surface area contributed by atoms with Crippen LogP contribution < -0.4 is 5.32 Å². The van der Waals surface area contributed by atoms with Gasteiger partial charge in [0.2, 0.25) is 0 Å². The molecule has 0 aliphatic heterocycles. The molecule has 0 radical (unpaired) electrons. The molecular weight excluding hydrogens is 410 g/mol. The van der Waals surface area contributed by atoms with E-state index in [0.29, 0.717) is 4.47 Å². The van der Waals surface area contributed by atoms with E-state index < -0.39 is 41.7 Å². The molecule has 0 bridgehead atoms. The molecule has 0 heterocycles. The Kier molecular flexibility index (Phi) is 8.24. The monoisotopic (exact) mass is 429 g/mol. The van der Waals surface area contributed by atoms with E-state index >= 15 is 0 Å². The van der Waals surface area contributed by atoms with Gasteiger partial charge in [0.25, 0.3) is 5.91 Å². The second-order valence-corrected chi connectivity index (χ2v) is 6.28. The van der Waals surface area contributed by atoms with Crippen LogP contribution in [0.3, 0.4) is 0 Å². The van der Waals surface area contributed by atoms with Crippen LogP contribution in [0.5, 0.6) is 0 Å². The molecule has 1 N–H and O–H groups in total. The van der Waals surface area contributed by atoms with Gasteiger partial charge >= 0.3 is 17.9 Å². The number of rotatable bonds is 7. The molecular formula is C17H20BrNO7. The molecule has 2 atom stereocenters. The fourth-order valence-corrected chi connectivity index (χ4v) is 2.76. The number of nitrogens with one attached hydrogen (secondary N) is 1. The van der Waals surface area contributed by atoms with Crippen LogP contribution in [-0.4, -0.2) is 51.2 Å². The first-order valence-corrected chi connectivity index (χ1v) is 8.36. The topological polar surface area (TPSA) is 108 Å². The molecule has 1 aromatic carbocycles. The van der Waals surface area contributed by atoms with E-state index in [1.165, 1.54) is 6.92 Å². The minimum absolute atomic E-state index is 0.285. The van der Waals surface area contributed by atoms with Crippen molar-refractivity contribution < 1.29 is 33.4 Å². The van der Waals surface area contributed by atoms with Crippen molar-refractivity contribution in [3.8, 4) is 0 Å². The van der Waals surface area contributed by atoms with Crippen LogP contribution in [0.25, 0.3) is 0 Å². The van der Waals surface area contributed by atoms with Crippen molar-refractivity contribution in [2.45, 2.75) is 13.0 Å². The molecule has 26 heavy (non-hydrogen) atoms. The number of benzene rings is 1. The number of carbonyl (C=O) groups excluding carboxylic acids is 4. The summed E-state index contributed by atoms with van der Waals surface area (Å²) in [7, 11) is 3.36. The molecule has 0 saturated heterocycles. The van der Waals surface area contributed by atoms with Gasteiger partial charge in [-0.2, -0.15) is 0 Å². The Bertz CT molecular complexity index is 675. The van der Waals surface area contributed by atoms with Gasteiger partial charge in [0.1, 0.15) is 6.04 Å². The van der Waals surface area contributed by atoms with E-state index in [-0.39, 0.29) is 5.56 Å². The number of methoxy groups -OCH3 is 3. The normalized spacial score (nSPS) is 12.7. The third-order valence-corrected chi connectivity index (χ3v) is 4.28. The maximum atomic E-state index is 12.5. The summed E-state index contributed by atoms with van der Waals surface area (Å²) in [6.07, 6.45) is 0. The van der Waals surface area contributed by atoms with Gasteiger partial charge in [-0.1, -0.05) is 28.9 Å². The Morgan fingerprint density at radius 3 is 1.96 bits per heavy atom. The highest BCUT2D eigenvalue weighted by atomic mass is 79.9. The molecule has 9 heteroatoms. The first-order chi connectivity index (χ1) is 12.3. The highest BCUT2D eigenvalue weighted by Gasteiger charge is 2.42. The average Bonchev–Trinajstić information content (AvgIpc) is 2.64. The van der Waals surface area contributed by atoms with Crippen LogP contribution in [0, 0.1) is 11.8 Å². The summed E-state index contributed by atoms with van der Waals surface area (Å²) in [5.41, 5.74) is 0.285. The number of amides is 1. The van der Waals surface area contributed by atoms with Crippen molar-refractivity contribution in [2.75, 3.05) is 21.3 Å². The van der Waals surface area contributed by atoms with E-state index in [1.807, 2.05) is 0 Å². The van der Waals surface area contributed by atoms with Crippen LogP contribution in [0.1, 0.15) is 17.3 Å². The number of hydrogen-bond acceptors (Lipinski definition) is 7. The summed E-state index contributed by atoms with van der Waals surface area (Å²) in [5, 5.41) is 2.50. The highest BCUT2D eigenvalue weighted by Crippen LogP contribution is 2.21. The SMILES string of the molecule is COC(=O)C(C(=O)OC)[C@H](C)[C@@H](NC(=O)c1cccc(Br)c1)C(=O)OC. The van der Waals surface area contributed by atoms with Crippen LogP contribution in [0.2, 0.25) is 0 Å². The molecule has 142 valence electrons. The molecule has 0 unspecified atom stereocenters. The molecule has 1 rings (SSSR count). The number of halogens is 1. The van der Waals surface area contributed by atoms with E-state index in [1.54, 1.807) is 24.3 Å². The number of ether oxygens (including phenoxy) is 3. The third kappa shape index (κ3) is 5.29. The van der Waals surface area contributed by atoms with Crippen molar-refractivity contribution in [3.63, 3.8) is 0 Å². The lowest BCUT2D eigenvalue weighted by atomic mass is 9.87. The average molecular weight is 430 g/mol. The zero-order valence-electron chi connectivity index (χ0n) is 14.8. The van der Waals surface area contributed by atoms with Gasteiger partial charge in [0.05, 0.1) is 21.3 Å². The number of hydrogen-bond donors (Lipinski definition) is 1. The maximum Gasteiger partial charge on any atom is 0.328 e. The van der Waals surface area contributed by atoms with Crippen molar-refractivity contribution in [2.24, 2.45) is 11.8 Å². The van der Waals surface area contributed by atoms with Gasteiger partial charge < -0.3 is 19.5 Å². The Morgan fingerprint density at radius 1 is 0.962 bits per heavy atom. The summed E-state index contributed by atoms with van der Waals surface area (Å²) in [5.74, 6) is -5.51. The molecule has 0 spiro atoms. The van der Waals surface area contributed by atoms with Gasteiger partial charge in [0, 0.05) is 16.0 Å². The molecule has 0 aliphatic carbocycles. The molecule has 0 fully saturated rings. The molecule has 1 aromatic rings. The standard InChI is InChI=1S/C17H20BrNO7/c1-9(12(15(21)24-2)16(22)25-3)13(17(23)26-4)19-14(20)10-6-5-7-11(18)8-10/h5-9,12-13H,1-4H3,(H,19,20)/t9-,13+/m0/s1. The zero-order valence-corrected chi connectivity index (χ0v) is 16.4. The molecule has 0 saturated carbocycles. The Morgan fingerprint density at radius 2 is 1.50 bits per heavy atom. The van der Waals surface area contributed by atoms with Gasteiger partial charge in [0.15, 0.2) is 5.92 Å². The molecule has 8 nitrogen and oxygen atoms in total. The van der Waals surface area contributed by atoms with Crippen LogP contribution >= 0.6 is 15.9 Å². The second kappa shape index (κ2) is 9.91. The molecule has 0 aliphatic rings. The third-order valence-electron chi connectivity index (χ3n) is 3.79. The first-order valence-electron chi connectivity index (χ1n) is 7.56.